The summed E-state index contributed by atoms with van der Waals surface area (Å²) in [5, 5.41) is 18.0. The van der Waals surface area contributed by atoms with Gasteiger partial charge < -0.3 is 14.9 Å². The number of hydrogen-bond acceptors (Lipinski definition) is 3. The van der Waals surface area contributed by atoms with Gasteiger partial charge in [-0.15, -0.1) is 0 Å². The molecule has 0 aliphatic carbocycles. The number of carboxylic acid groups (broad SMARTS) is 1. The topological polar surface area (TPSA) is 66.8 Å². The lowest BCUT2D eigenvalue weighted by atomic mass is 10.1. The fourth-order valence-corrected chi connectivity index (χ4v) is 1.63. The highest BCUT2D eigenvalue weighted by Gasteiger charge is 2.26. The molecule has 1 aliphatic rings. The number of carbonyl (C=O) groups is 1. The van der Waals surface area contributed by atoms with Gasteiger partial charge in [0.25, 0.3) is 0 Å². The highest BCUT2D eigenvalue weighted by Crippen LogP contribution is 2.35. The zero-order valence-corrected chi connectivity index (χ0v) is 7.43. The lowest BCUT2D eigenvalue weighted by molar-refractivity contribution is -0.138. The molecule has 0 amide bonds. The van der Waals surface area contributed by atoms with E-state index in [2.05, 4.69) is 0 Å². The van der Waals surface area contributed by atoms with Crippen LogP contribution >= 0.6 is 0 Å². The van der Waals surface area contributed by atoms with E-state index in [0.717, 1.165) is 0 Å². The molecule has 0 spiro atoms. The van der Waals surface area contributed by atoms with Crippen LogP contribution in [0.15, 0.2) is 18.2 Å². The summed E-state index contributed by atoms with van der Waals surface area (Å²) in [7, 11) is 0. The first-order chi connectivity index (χ1) is 6.66. The van der Waals surface area contributed by atoms with Crippen LogP contribution in [0.1, 0.15) is 12.0 Å². The van der Waals surface area contributed by atoms with Gasteiger partial charge in [0.15, 0.2) is 0 Å². The molecule has 1 atom stereocenters. The van der Waals surface area contributed by atoms with E-state index in [1.54, 1.807) is 18.2 Å². The Hall–Kier alpha value is -1.71. The second-order valence-corrected chi connectivity index (χ2v) is 3.30. The number of fused-ring (bicyclic) bond motifs is 1. The van der Waals surface area contributed by atoms with Crippen molar-refractivity contribution < 1.29 is 19.7 Å². The first-order valence-electron chi connectivity index (χ1n) is 4.36. The number of hydrogen-bond donors (Lipinski definition) is 2. The number of benzene rings is 1. The monoisotopic (exact) mass is 194 g/mol. The zero-order chi connectivity index (χ0) is 10.1. The lowest BCUT2D eigenvalue weighted by Gasteiger charge is -2.06. The zero-order valence-electron chi connectivity index (χ0n) is 7.43. The summed E-state index contributed by atoms with van der Waals surface area (Å²) >= 11 is 0. The van der Waals surface area contributed by atoms with Crippen LogP contribution in [-0.2, 0) is 11.2 Å². The van der Waals surface area contributed by atoms with Gasteiger partial charge in [0.05, 0.1) is 6.42 Å². The van der Waals surface area contributed by atoms with Crippen molar-refractivity contribution in [1.29, 1.82) is 0 Å². The van der Waals surface area contributed by atoms with E-state index in [0.29, 0.717) is 17.7 Å². The van der Waals surface area contributed by atoms with E-state index in [-0.39, 0.29) is 18.3 Å². The lowest BCUT2D eigenvalue weighted by Crippen LogP contribution is -2.17. The fraction of sp³-hybridized carbons (Fsp3) is 0.300. The number of phenols is 1. The van der Waals surface area contributed by atoms with Crippen LogP contribution in [0, 0.1) is 0 Å². The van der Waals surface area contributed by atoms with Gasteiger partial charge in [-0.25, -0.2) is 0 Å². The maximum atomic E-state index is 10.4. The summed E-state index contributed by atoms with van der Waals surface area (Å²) in [5.41, 5.74) is 0.707. The molecule has 4 heteroatoms. The minimum Gasteiger partial charge on any atom is -0.508 e. The quantitative estimate of drug-likeness (QED) is 0.741. The maximum absolute atomic E-state index is 10.4. The van der Waals surface area contributed by atoms with Crippen LogP contribution in [0.4, 0.5) is 0 Å². The molecule has 1 aromatic rings. The van der Waals surface area contributed by atoms with Crippen molar-refractivity contribution >= 4 is 5.97 Å². The Morgan fingerprint density at radius 2 is 2.36 bits per heavy atom. The molecule has 1 unspecified atom stereocenters. The third kappa shape index (κ3) is 1.51. The Kier molecular flexibility index (Phi) is 2.04. The molecule has 0 saturated carbocycles. The largest absolute Gasteiger partial charge is 0.508 e. The van der Waals surface area contributed by atoms with E-state index in [9.17, 15) is 9.90 Å². The van der Waals surface area contributed by atoms with Crippen LogP contribution in [-0.4, -0.2) is 22.3 Å². The summed E-state index contributed by atoms with van der Waals surface area (Å²) < 4.78 is 5.36. The molecule has 74 valence electrons. The molecule has 0 fully saturated rings. The molecule has 4 nitrogen and oxygen atoms in total. The van der Waals surface area contributed by atoms with Crippen molar-refractivity contribution in [2.75, 3.05) is 0 Å². The molecule has 1 aromatic carbocycles. The molecule has 14 heavy (non-hydrogen) atoms. The second kappa shape index (κ2) is 3.21. The highest BCUT2D eigenvalue weighted by molar-refractivity contribution is 5.68. The van der Waals surface area contributed by atoms with E-state index in [4.69, 9.17) is 9.84 Å². The molecule has 0 bridgehead atoms. The molecule has 1 heterocycles. The molecule has 0 saturated heterocycles. The average Bonchev–Trinajstić information content (AvgIpc) is 2.47. The number of aromatic hydroxyl groups is 1. The molecule has 2 N–H and O–H groups in total. The Balaban J connectivity index is 2.18. The van der Waals surface area contributed by atoms with Crippen molar-refractivity contribution in [3.8, 4) is 11.5 Å². The standard InChI is InChI=1S/C10H10O4/c11-8-2-1-3-9-7(8)4-6(14-9)5-10(12)13/h1-3,6,11H,4-5H2,(H,12,13). The van der Waals surface area contributed by atoms with E-state index >= 15 is 0 Å². The summed E-state index contributed by atoms with van der Waals surface area (Å²) in [5.74, 6) is -0.117. The predicted molar refractivity (Wildman–Crippen MR) is 48.5 cm³/mol. The number of ether oxygens (including phenoxy) is 1. The van der Waals surface area contributed by atoms with Crippen LogP contribution in [0.25, 0.3) is 0 Å². The maximum Gasteiger partial charge on any atom is 0.307 e. The predicted octanol–water partition coefficient (Wildman–Crippen LogP) is 1.17. The van der Waals surface area contributed by atoms with Crippen molar-refractivity contribution in [3.05, 3.63) is 23.8 Å². The Bertz CT molecular complexity index is 372. The van der Waals surface area contributed by atoms with E-state index < -0.39 is 5.97 Å². The first kappa shape index (κ1) is 8.87. The second-order valence-electron chi connectivity index (χ2n) is 3.30. The van der Waals surface area contributed by atoms with Gasteiger partial charge in [-0.1, -0.05) is 6.07 Å². The fourth-order valence-electron chi connectivity index (χ4n) is 1.63. The summed E-state index contributed by atoms with van der Waals surface area (Å²) in [6, 6.07) is 4.99. The third-order valence-electron chi connectivity index (χ3n) is 2.24. The van der Waals surface area contributed by atoms with Gasteiger partial charge in [0, 0.05) is 12.0 Å². The number of phenolic OH excluding ortho intramolecular Hbond substituents is 1. The SMILES string of the molecule is O=C(O)CC1Cc2c(O)cccc2O1. The van der Waals surface area contributed by atoms with E-state index in [1.165, 1.54) is 0 Å². The molecule has 0 aromatic heterocycles. The molecule has 1 aliphatic heterocycles. The third-order valence-corrected chi connectivity index (χ3v) is 2.24. The smallest absolute Gasteiger partial charge is 0.307 e. The van der Waals surface area contributed by atoms with Crippen molar-refractivity contribution in [1.82, 2.24) is 0 Å². The Morgan fingerprint density at radius 3 is 3.00 bits per heavy atom. The Morgan fingerprint density at radius 1 is 1.57 bits per heavy atom. The van der Waals surface area contributed by atoms with Crippen molar-refractivity contribution in [2.45, 2.75) is 18.9 Å². The minimum atomic E-state index is -0.887. The Labute approximate surface area is 80.7 Å². The van der Waals surface area contributed by atoms with Crippen LogP contribution < -0.4 is 4.74 Å². The summed E-state index contributed by atoms with van der Waals surface area (Å²) in [4.78, 5) is 10.4. The number of carboxylic acids is 1. The first-order valence-corrected chi connectivity index (χ1v) is 4.36. The van der Waals surface area contributed by atoms with Gasteiger partial charge in [0.2, 0.25) is 0 Å². The van der Waals surface area contributed by atoms with Crippen LogP contribution in [0.2, 0.25) is 0 Å². The average molecular weight is 194 g/mol. The van der Waals surface area contributed by atoms with Crippen LogP contribution in [0.5, 0.6) is 11.5 Å². The van der Waals surface area contributed by atoms with Crippen LogP contribution in [0.3, 0.4) is 0 Å². The van der Waals surface area contributed by atoms with E-state index in [1.807, 2.05) is 0 Å². The summed E-state index contributed by atoms with van der Waals surface area (Å²) in [6.45, 7) is 0. The number of rotatable bonds is 2. The normalized spacial score (nSPS) is 18.7. The van der Waals surface area contributed by atoms with Crippen molar-refractivity contribution in [3.63, 3.8) is 0 Å². The van der Waals surface area contributed by atoms with Gasteiger partial charge in [-0.3, -0.25) is 4.79 Å². The molecule has 2 rings (SSSR count). The minimum absolute atomic E-state index is 0.0336. The van der Waals surface area contributed by atoms with Gasteiger partial charge >= 0.3 is 5.97 Å². The van der Waals surface area contributed by atoms with Crippen molar-refractivity contribution in [2.24, 2.45) is 0 Å². The highest BCUT2D eigenvalue weighted by atomic mass is 16.5. The van der Waals surface area contributed by atoms with Gasteiger partial charge in [-0.2, -0.15) is 0 Å². The molecule has 0 radical (unpaired) electrons. The summed E-state index contributed by atoms with van der Waals surface area (Å²) in [6.07, 6.45) is 0.0819. The van der Waals surface area contributed by atoms with Gasteiger partial charge in [-0.05, 0) is 12.1 Å². The van der Waals surface area contributed by atoms with Gasteiger partial charge in [0.1, 0.15) is 17.6 Å². The number of aliphatic carboxylic acids is 1. The molecular formula is C10H10O4. The molecular weight excluding hydrogens is 184 g/mol.